The Morgan fingerprint density at radius 1 is 1.23 bits per heavy atom. The maximum absolute atomic E-state index is 12.8. The lowest BCUT2D eigenvalue weighted by molar-refractivity contribution is -0.134. The smallest absolute Gasteiger partial charge is 0.330 e. The quantitative estimate of drug-likeness (QED) is 0.428. The van der Waals surface area contributed by atoms with Crippen molar-refractivity contribution in [3.8, 4) is 0 Å². The number of carbonyl (C=O) groups is 1. The number of hydrogen-bond acceptors (Lipinski definition) is 6. The zero-order valence-corrected chi connectivity index (χ0v) is 18.7. The highest BCUT2D eigenvalue weighted by Gasteiger charge is 2.46. The van der Waals surface area contributed by atoms with Gasteiger partial charge in [-0.15, -0.1) is 0 Å². The van der Waals surface area contributed by atoms with Gasteiger partial charge in [-0.25, -0.2) is 13.2 Å². The Hall–Kier alpha value is -1.90. The monoisotopic (exact) mass is 439 g/mol. The second-order valence-corrected chi connectivity index (χ2v) is 9.89. The molecule has 0 spiro atoms. The molecule has 1 aliphatic rings. The molecule has 0 amide bonds. The van der Waals surface area contributed by atoms with Crippen molar-refractivity contribution >= 4 is 21.7 Å². The zero-order valence-electron chi connectivity index (χ0n) is 17.8. The first kappa shape index (κ1) is 24.4. The largest absolute Gasteiger partial charge is 0.466 e. The van der Waals surface area contributed by atoms with Crippen LogP contribution in [0.5, 0.6) is 0 Å². The van der Waals surface area contributed by atoms with Gasteiger partial charge in [0, 0.05) is 18.5 Å². The molecule has 1 aromatic rings. The van der Waals surface area contributed by atoms with Crippen molar-refractivity contribution in [2.45, 2.75) is 45.3 Å². The number of sulfonamides is 1. The molecule has 8 heteroatoms. The number of aliphatic hydroxyl groups is 2. The van der Waals surface area contributed by atoms with E-state index < -0.39 is 34.1 Å². The van der Waals surface area contributed by atoms with Gasteiger partial charge in [-0.1, -0.05) is 37.6 Å². The molecule has 5 atom stereocenters. The second kappa shape index (κ2) is 10.9. The van der Waals surface area contributed by atoms with Crippen LogP contribution >= 0.6 is 0 Å². The summed E-state index contributed by atoms with van der Waals surface area (Å²) in [6.45, 7) is 3.68. The first-order chi connectivity index (χ1) is 14.2. The summed E-state index contributed by atoms with van der Waals surface area (Å²) in [5.41, 5.74) is 0.547. The molecule has 30 heavy (non-hydrogen) atoms. The van der Waals surface area contributed by atoms with E-state index in [0.29, 0.717) is 12.1 Å². The lowest BCUT2D eigenvalue weighted by Gasteiger charge is -2.34. The minimum absolute atomic E-state index is 0.00925. The van der Waals surface area contributed by atoms with Gasteiger partial charge < -0.3 is 14.9 Å². The first-order valence-electron chi connectivity index (χ1n) is 10.4. The van der Waals surface area contributed by atoms with Gasteiger partial charge in [-0.2, -0.15) is 0 Å². The van der Waals surface area contributed by atoms with Crippen molar-refractivity contribution < 1.29 is 28.2 Å². The maximum Gasteiger partial charge on any atom is 0.330 e. The van der Waals surface area contributed by atoms with Crippen LogP contribution in [0.15, 0.2) is 42.5 Å². The minimum atomic E-state index is -3.56. The average molecular weight is 440 g/mol. The highest BCUT2D eigenvalue weighted by Crippen LogP contribution is 2.41. The standard InChI is InChI=1S/C22H33NO6S/c1-4-16(10-9-13-21(26)29-3)22-18(19(24)14-20(22)25)15-23(30(27,28)5-2)17-11-7-6-8-12-17/h6-9,11-13,16,18-20,22,24-25H,4-5,10,14-15H2,1-3H3/t16-,18-,19?,20?,22-/m0/s1. The third kappa shape index (κ3) is 5.83. The van der Waals surface area contributed by atoms with Crippen LogP contribution in [0.2, 0.25) is 0 Å². The van der Waals surface area contributed by atoms with Crippen LogP contribution in [0, 0.1) is 17.8 Å². The predicted molar refractivity (Wildman–Crippen MR) is 116 cm³/mol. The van der Waals surface area contributed by atoms with E-state index in [0.717, 1.165) is 6.42 Å². The minimum Gasteiger partial charge on any atom is -0.466 e. The highest BCUT2D eigenvalue weighted by molar-refractivity contribution is 7.92. The summed E-state index contributed by atoms with van der Waals surface area (Å²) in [5.74, 6) is -1.22. The molecule has 7 nitrogen and oxygen atoms in total. The molecule has 0 heterocycles. The lowest BCUT2D eigenvalue weighted by atomic mass is 9.78. The number of anilines is 1. The Kier molecular flexibility index (Phi) is 8.88. The lowest BCUT2D eigenvalue weighted by Crippen LogP contribution is -2.42. The molecule has 0 bridgehead atoms. The molecule has 1 saturated carbocycles. The van der Waals surface area contributed by atoms with E-state index in [-0.39, 0.29) is 30.6 Å². The van der Waals surface area contributed by atoms with Crippen LogP contribution in [0.3, 0.4) is 0 Å². The molecule has 2 N–H and O–H groups in total. The van der Waals surface area contributed by atoms with Crippen molar-refractivity contribution in [2.75, 3.05) is 23.7 Å². The van der Waals surface area contributed by atoms with Crippen molar-refractivity contribution in [3.63, 3.8) is 0 Å². The number of benzene rings is 1. The predicted octanol–water partition coefficient (Wildman–Crippen LogP) is 2.35. The summed E-state index contributed by atoms with van der Waals surface area (Å²) in [7, 11) is -2.25. The van der Waals surface area contributed by atoms with Crippen LogP contribution in [0.1, 0.15) is 33.1 Å². The summed E-state index contributed by atoms with van der Waals surface area (Å²) < 4.78 is 31.6. The number of hydrogen-bond donors (Lipinski definition) is 2. The number of esters is 1. The number of para-hydroxylation sites is 1. The van der Waals surface area contributed by atoms with E-state index in [9.17, 15) is 23.4 Å². The van der Waals surface area contributed by atoms with E-state index >= 15 is 0 Å². The normalized spacial score (nSPS) is 25.4. The van der Waals surface area contributed by atoms with E-state index in [2.05, 4.69) is 4.74 Å². The van der Waals surface area contributed by atoms with E-state index in [1.54, 1.807) is 37.3 Å². The molecular weight excluding hydrogens is 406 g/mol. The van der Waals surface area contributed by atoms with Gasteiger partial charge in [-0.05, 0) is 43.7 Å². The summed E-state index contributed by atoms with van der Waals surface area (Å²) in [6, 6.07) is 8.83. The molecule has 1 aromatic carbocycles. The summed E-state index contributed by atoms with van der Waals surface area (Å²) in [6.07, 6.45) is 3.00. The number of carbonyl (C=O) groups excluding carboxylic acids is 1. The molecule has 2 unspecified atom stereocenters. The number of methoxy groups -OCH3 is 1. The van der Waals surface area contributed by atoms with Crippen LogP contribution in [0.4, 0.5) is 5.69 Å². The van der Waals surface area contributed by atoms with E-state index in [1.807, 2.05) is 13.0 Å². The molecule has 0 saturated heterocycles. The van der Waals surface area contributed by atoms with Crippen molar-refractivity contribution in [2.24, 2.45) is 17.8 Å². The fourth-order valence-corrected chi connectivity index (χ4v) is 5.51. The number of rotatable bonds is 10. The summed E-state index contributed by atoms with van der Waals surface area (Å²) in [5, 5.41) is 21.4. The number of ether oxygens (including phenoxy) is 1. The first-order valence-corrected chi connectivity index (χ1v) is 12.0. The SMILES string of the molecule is CC[C@@H](CC=CC(=O)OC)[C@@H]1C(O)CC(O)[C@@H]1CN(c1ccccc1)S(=O)(=O)CC. The molecule has 0 aromatic heterocycles. The third-order valence-corrected chi connectivity index (χ3v) is 7.76. The third-order valence-electron chi connectivity index (χ3n) is 6.00. The molecule has 1 aliphatic carbocycles. The average Bonchev–Trinajstić information content (AvgIpc) is 3.02. The van der Waals surface area contributed by atoms with Crippen LogP contribution in [0.25, 0.3) is 0 Å². The summed E-state index contributed by atoms with van der Waals surface area (Å²) in [4.78, 5) is 11.4. The molecular formula is C22H33NO6S. The fourth-order valence-electron chi connectivity index (χ4n) is 4.35. The number of aliphatic hydroxyl groups excluding tert-OH is 2. The van der Waals surface area contributed by atoms with Crippen molar-refractivity contribution in [1.82, 2.24) is 0 Å². The second-order valence-electron chi connectivity index (χ2n) is 7.71. The van der Waals surface area contributed by atoms with Gasteiger partial charge in [0.05, 0.1) is 30.8 Å². The topological polar surface area (TPSA) is 104 Å². The fraction of sp³-hybridized carbons (Fsp3) is 0.591. The Labute approximate surface area is 179 Å². The van der Waals surface area contributed by atoms with Crippen molar-refractivity contribution in [1.29, 1.82) is 0 Å². The molecule has 2 rings (SSSR count). The van der Waals surface area contributed by atoms with Crippen LogP contribution < -0.4 is 4.31 Å². The van der Waals surface area contributed by atoms with E-state index in [4.69, 9.17) is 0 Å². The Morgan fingerprint density at radius 2 is 1.90 bits per heavy atom. The van der Waals surface area contributed by atoms with Gasteiger partial charge in [0.2, 0.25) is 10.0 Å². The van der Waals surface area contributed by atoms with Gasteiger partial charge in [0.25, 0.3) is 0 Å². The number of allylic oxidation sites excluding steroid dienone is 1. The molecule has 1 fully saturated rings. The Balaban J connectivity index is 2.31. The van der Waals surface area contributed by atoms with Crippen molar-refractivity contribution in [3.05, 3.63) is 42.5 Å². The van der Waals surface area contributed by atoms with E-state index in [1.165, 1.54) is 17.5 Å². The molecule has 0 aliphatic heterocycles. The summed E-state index contributed by atoms with van der Waals surface area (Å²) >= 11 is 0. The highest BCUT2D eigenvalue weighted by atomic mass is 32.2. The zero-order chi connectivity index (χ0) is 22.3. The molecule has 0 radical (unpaired) electrons. The van der Waals surface area contributed by atoms with Gasteiger partial charge >= 0.3 is 5.97 Å². The van der Waals surface area contributed by atoms with Crippen LogP contribution in [-0.4, -0.2) is 56.2 Å². The van der Waals surface area contributed by atoms with Gasteiger partial charge in [-0.3, -0.25) is 4.31 Å². The van der Waals surface area contributed by atoms with Gasteiger partial charge in [0.15, 0.2) is 0 Å². The molecule has 168 valence electrons. The van der Waals surface area contributed by atoms with Crippen LogP contribution in [-0.2, 0) is 19.6 Å². The maximum atomic E-state index is 12.8. The Bertz CT molecular complexity index is 810. The Morgan fingerprint density at radius 3 is 2.47 bits per heavy atom. The number of nitrogens with zero attached hydrogens (tertiary/aromatic N) is 1. The van der Waals surface area contributed by atoms with Gasteiger partial charge in [0.1, 0.15) is 0 Å².